The molecule has 5 rings (SSSR count). The van der Waals surface area contributed by atoms with Gasteiger partial charge in [0.1, 0.15) is 18.0 Å². The smallest absolute Gasteiger partial charge is 0.452 e. The number of carbonyl (C=O) groups is 1. The molecule has 0 bridgehead atoms. The van der Waals surface area contributed by atoms with Crippen molar-refractivity contribution in [3.63, 3.8) is 0 Å². The van der Waals surface area contributed by atoms with Crippen LogP contribution in [0.3, 0.4) is 0 Å². The number of pyridine rings is 1. The van der Waals surface area contributed by atoms with Crippen molar-refractivity contribution in [2.45, 2.75) is 44.1 Å². The molecule has 2 aliphatic rings. The van der Waals surface area contributed by atoms with Gasteiger partial charge in [0.25, 0.3) is 5.91 Å². The molecule has 2 aromatic heterocycles. The second kappa shape index (κ2) is 8.66. The number of amides is 1. The lowest BCUT2D eigenvalue weighted by Gasteiger charge is -2.33. The van der Waals surface area contributed by atoms with Gasteiger partial charge in [-0.25, -0.2) is 0 Å². The van der Waals surface area contributed by atoms with Gasteiger partial charge in [-0.2, -0.15) is 13.2 Å². The number of rotatable bonds is 4. The van der Waals surface area contributed by atoms with Crippen molar-refractivity contribution in [1.29, 1.82) is 0 Å². The van der Waals surface area contributed by atoms with Crippen LogP contribution in [0.1, 0.15) is 31.5 Å². The normalized spacial score (nSPS) is 19.8. The summed E-state index contributed by atoms with van der Waals surface area (Å²) in [7, 11) is 0. The molecule has 174 valence electrons. The molecular weight excluding hydrogens is 437 g/mol. The van der Waals surface area contributed by atoms with E-state index in [2.05, 4.69) is 10.2 Å². The van der Waals surface area contributed by atoms with E-state index in [1.165, 1.54) is 12.3 Å². The average molecular weight is 460 g/mol. The van der Waals surface area contributed by atoms with E-state index < -0.39 is 12.0 Å². The van der Waals surface area contributed by atoms with Gasteiger partial charge in [-0.3, -0.25) is 9.20 Å². The standard InChI is InChI=1S/C23H23F3N4O3/c24-23(25,26)22-28-27-20-8-5-16(14-30(20)22)15-3-6-17(7-4-15)33-18-9-11-29(12-10-18)21(31)19-2-1-13-32-19/h3-8,14,18-19H,1-2,9-13H2. The molecule has 1 atom stereocenters. The first-order chi connectivity index (χ1) is 15.9. The van der Waals surface area contributed by atoms with E-state index in [-0.39, 0.29) is 23.8 Å². The maximum absolute atomic E-state index is 13.1. The molecule has 1 aromatic carbocycles. The lowest BCUT2D eigenvalue weighted by atomic mass is 10.1. The Bertz CT molecular complexity index is 1130. The third-order valence-corrected chi connectivity index (χ3v) is 6.11. The number of benzene rings is 1. The molecule has 0 aliphatic carbocycles. The molecule has 10 heteroatoms. The number of hydrogen-bond donors (Lipinski definition) is 0. The van der Waals surface area contributed by atoms with Gasteiger partial charge in [-0.15, -0.1) is 10.2 Å². The molecule has 2 aliphatic heterocycles. The fraction of sp³-hybridized carbons (Fsp3) is 0.435. The number of alkyl halides is 3. The Morgan fingerprint density at radius 3 is 2.39 bits per heavy atom. The number of likely N-dealkylation sites (tertiary alicyclic amines) is 1. The van der Waals surface area contributed by atoms with Gasteiger partial charge < -0.3 is 14.4 Å². The summed E-state index contributed by atoms with van der Waals surface area (Å²) in [4.78, 5) is 14.3. The molecule has 0 N–H and O–H groups in total. The Labute approximate surface area is 188 Å². The molecule has 2 saturated heterocycles. The Kier molecular flexibility index (Phi) is 5.69. The molecule has 2 fully saturated rings. The number of fused-ring (bicyclic) bond motifs is 1. The van der Waals surface area contributed by atoms with E-state index in [4.69, 9.17) is 9.47 Å². The second-order valence-corrected chi connectivity index (χ2v) is 8.34. The number of aromatic nitrogens is 3. The van der Waals surface area contributed by atoms with Crippen LogP contribution >= 0.6 is 0 Å². The molecule has 0 spiro atoms. The maximum Gasteiger partial charge on any atom is 0.452 e. The quantitative estimate of drug-likeness (QED) is 0.590. The first kappa shape index (κ1) is 21.7. The van der Waals surface area contributed by atoms with Crippen LogP contribution in [0.2, 0.25) is 0 Å². The lowest BCUT2D eigenvalue weighted by Crippen LogP contribution is -2.45. The molecule has 7 nitrogen and oxygen atoms in total. The first-order valence-electron chi connectivity index (χ1n) is 11.0. The van der Waals surface area contributed by atoms with Crippen molar-refractivity contribution in [3.05, 3.63) is 48.4 Å². The number of ether oxygens (including phenoxy) is 2. The van der Waals surface area contributed by atoms with Crippen LogP contribution in [0.4, 0.5) is 13.2 Å². The van der Waals surface area contributed by atoms with Crippen LogP contribution in [0.15, 0.2) is 42.6 Å². The Hall–Kier alpha value is -3.14. The summed E-state index contributed by atoms with van der Waals surface area (Å²) < 4.78 is 51.9. The van der Waals surface area contributed by atoms with Crippen LogP contribution < -0.4 is 4.74 Å². The molecule has 3 aromatic rings. The van der Waals surface area contributed by atoms with Crippen LogP contribution in [0.5, 0.6) is 5.75 Å². The minimum Gasteiger partial charge on any atom is -0.490 e. The summed E-state index contributed by atoms with van der Waals surface area (Å²) in [6.45, 7) is 1.94. The van der Waals surface area contributed by atoms with Crippen molar-refractivity contribution in [2.24, 2.45) is 0 Å². The SMILES string of the molecule is O=C(C1CCCO1)N1CCC(Oc2ccc(-c3ccc4nnc(C(F)(F)F)n4c3)cc2)CC1. The number of hydrogen-bond acceptors (Lipinski definition) is 5. The van der Waals surface area contributed by atoms with E-state index in [0.29, 0.717) is 31.0 Å². The Morgan fingerprint density at radius 2 is 1.73 bits per heavy atom. The molecule has 1 unspecified atom stereocenters. The van der Waals surface area contributed by atoms with Crippen molar-refractivity contribution in [3.8, 4) is 16.9 Å². The van der Waals surface area contributed by atoms with Crippen LogP contribution in [0, 0.1) is 0 Å². The highest BCUT2D eigenvalue weighted by Gasteiger charge is 2.37. The monoisotopic (exact) mass is 460 g/mol. The van der Waals surface area contributed by atoms with E-state index in [1.807, 2.05) is 17.0 Å². The highest BCUT2D eigenvalue weighted by Crippen LogP contribution is 2.30. The summed E-state index contributed by atoms with van der Waals surface area (Å²) >= 11 is 0. The molecule has 0 radical (unpaired) electrons. The zero-order valence-electron chi connectivity index (χ0n) is 17.8. The fourth-order valence-electron chi connectivity index (χ4n) is 4.34. The van der Waals surface area contributed by atoms with Crippen LogP contribution in [0.25, 0.3) is 16.8 Å². The van der Waals surface area contributed by atoms with Gasteiger partial charge >= 0.3 is 6.18 Å². The van der Waals surface area contributed by atoms with Gasteiger partial charge in [0.2, 0.25) is 5.82 Å². The topological polar surface area (TPSA) is 69.0 Å². The number of halogens is 3. The van der Waals surface area contributed by atoms with Gasteiger partial charge in [-0.1, -0.05) is 12.1 Å². The summed E-state index contributed by atoms with van der Waals surface area (Å²) in [6.07, 6.45) is -0.275. The zero-order valence-corrected chi connectivity index (χ0v) is 17.8. The van der Waals surface area contributed by atoms with Crippen molar-refractivity contribution >= 4 is 11.6 Å². The van der Waals surface area contributed by atoms with Crippen LogP contribution in [-0.2, 0) is 15.7 Å². The lowest BCUT2D eigenvalue weighted by molar-refractivity contribution is -0.145. The predicted octanol–water partition coefficient (Wildman–Crippen LogP) is 3.96. The number of carbonyl (C=O) groups excluding carboxylic acids is 1. The van der Waals surface area contributed by atoms with Gasteiger partial charge in [-0.05, 0) is 48.2 Å². The average Bonchev–Trinajstić information content (AvgIpc) is 3.49. The first-order valence-corrected chi connectivity index (χ1v) is 11.0. The van der Waals surface area contributed by atoms with E-state index in [0.717, 1.165) is 35.6 Å². The largest absolute Gasteiger partial charge is 0.490 e. The molecule has 33 heavy (non-hydrogen) atoms. The van der Waals surface area contributed by atoms with Crippen molar-refractivity contribution < 1.29 is 27.4 Å². The van der Waals surface area contributed by atoms with E-state index in [1.54, 1.807) is 18.2 Å². The fourth-order valence-corrected chi connectivity index (χ4v) is 4.34. The summed E-state index contributed by atoms with van der Waals surface area (Å²) in [6, 6.07) is 10.4. The van der Waals surface area contributed by atoms with Crippen molar-refractivity contribution in [2.75, 3.05) is 19.7 Å². The predicted molar refractivity (Wildman–Crippen MR) is 113 cm³/mol. The number of piperidine rings is 1. The highest BCUT2D eigenvalue weighted by atomic mass is 19.4. The highest BCUT2D eigenvalue weighted by molar-refractivity contribution is 5.81. The Morgan fingerprint density at radius 1 is 1.00 bits per heavy atom. The van der Waals surface area contributed by atoms with Gasteiger partial charge in [0.05, 0.1) is 0 Å². The molecule has 0 saturated carbocycles. The van der Waals surface area contributed by atoms with Gasteiger partial charge in [0, 0.05) is 38.7 Å². The minimum atomic E-state index is -4.58. The summed E-state index contributed by atoms with van der Waals surface area (Å²) in [5.74, 6) is -0.290. The molecule has 1 amide bonds. The third-order valence-electron chi connectivity index (χ3n) is 6.11. The summed E-state index contributed by atoms with van der Waals surface area (Å²) in [5, 5.41) is 6.83. The molecular formula is C23H23F3N4O3. The number of nitrogens with zero attached hydrogens (tertiary/aromatic N) is 4. The van der Waals surface area contributed by atoms with E-state index >= 15 is 0 Å². The Balaban J connectivity index is 1.22. The maximum atomic E-state index is 13.1. The van der Waals surface area contributed by atoms with Crippen LogP contribution in [-0.4, -0.2) is 57.3 Å². The van der Waals surface area contributed by atoms with Gasteiger partial charge in [0.15, 0.2) is 5.65 Å². The third kappa shape index (κ3) is 4.52. The molecule has 4 heterocycles. The second-order valence-electron chi connectivity index (χ2n) is 8.34. The zero-order chi connectivity index (χ0) is 23.0. The van der Waals surface area contributed by atoms with E-state index in [9.17, 15) is 18.0 Å². The minimum absolute atomic E-state index is 0.00659. The summed E-state index contributed by atoms with van der Waals surface area (Å²) in [5.41, 5.74) is 1.50. The van der Waals surface area contributed by atoms with Crippen molar-refractivity contribution in [1.82, 2.24) is 19.5 Å².